The Hall–Kier alpha value is -2.41. The highest BCUT2D eigenvalue weighted by Gasteiger charge is 2.31. The number of anilines is 1. The van der Waals surface area contributed by atoms with Crippen LogP contribution in [0.25, 0.3) is 5.65 Å². The Bertz CT molecular complexity index is 1060. The average molecular weight is 387 g/mol. The lowest BCUT2D eigenvalue weighted by molar-refractivity contribution is 0.597. The minimum Gasteiger partial charge on any atom is -0.370 e. The number of rotatable bonds is 3. The average Bonchev–Trinajstić information content (AvgIpc) is 3.28. The molecule has 0 atom stereocenters. The van der Waals surface area contributed by atoms with E-state index in [2.05, 4.69) is 29.2 Å². The quantitative estimate of drug-likeness (QED) is 0.740. The lowest BCUT2D eigenvalue weighted by Crippen LogP contribution is -2.07. The molecule has 7 heteroatoms. The third-order valence-electron chi connectivity index (χ3n) is 4.53. The number of nitrogens with one attached hydrogen (secondary N) is 1. The van der Waals surface area contributed by atoms with Crippen LogP contribution in [0.2, 0.25) is 0 Å². The molecule has 0 spiro atoms. The highest BCUT2D eigenvalue weighted by molar-refractivity contribution is 7.91. The smallest absolute Gasteiger partial charge is 0.214 e. The van der Waals surface area contributed by atoms with Crippen LogP contribution in [0.4, 0.5) is 5.82 Å². The molecule has 0 unspecified atom stereocenters. The van der Waals surface area contributed by atoms with Crippen molar-refractivity contribution >= 4 is 21.3 Å². The summed E-state index contributed by atoms with van der Waals surface area (Å²) in [5.41, 5.74) is 3.56. The summed E-state index contributed by atoms with van der Waals surface area (Å²) in [5, 5.41) is 7.42. The van der Waals surface area contributed by atoms with Crippen molar-refractivity contribution in [1.29, 1.82) is 0 Å². The van der Waals surface area contributed by atoms with Gasteiger partial charge in [-0.05, 0) is 43.9 Å². The van der Waals surface area contributed by atoms with Gasteiger partial charge in [0.25, 0.3) is 0 Å². The molecule has 0 saturated heterocycles. The Morgan fingerprint density at radius 3 is 2.44 bits per heavy atom. The molecular weight excluding hydrogens is 360 g/mol. The highest BCUT2D eigenvalue weighted by Crippen LogP contribution is 2.33. The van der Waals surface area contributed by atoms with E-state index in [1.807, 2.05) is 6.92 Å². The molecule has 0 fully saturated rings. The second-order valence-corrected chi connectivity index (χ2v) is 8.55. The molecule has 144 valence electrons. The topological polar surface area (TPSA) is 76.4 Å². The molecule has 0 saturated carbocycles. The van der Waals surface area contributed by atoms with Gasteiger partial charge in [0.1, 0.15) is 0 Å². The summed E-state index contributed by atoms with van der Waals surface area (Å²) < 4.78 is 28.0. The second-order valence-electron chi connectivity index (χ2n) is 6.66. The number of hydrogen-bond donors (Lipinski definition) is 1. The number of aromatic nitrogens is 3. The fourth-order valence-electron chi connectivity index (χ4n) is 3.39. The summed E-state index contributed by atoms with van der Waals surface area (Å²) in [5.74, 6) is 0.339. The molecule has 1 aliphatic carbocycles. The fourth-order valence-corrected chi connectivity index (χ4v) is 4.91. The third-order valence-corrected chi connectivity index (χ3v) is 6.34. The number of sulfone groups is 1. The lowest BCUT2D eigenvalue weighted by Gasteiger charge is -2.07. The van der Waals surface area contributed by atoms with Crippen LogP contribution in [0.3, 0.4) is 0 Å². The van der Waals surface area contributed by atoms with Crippen LogP contribution >= 0.6 is 0 Å². The van der Waals surface area contributed by atoms with Gasteiger partial charge in [0.15, 0.2) is 16.4 Å². The first-order chi connectivity index (χ1) is 13.0. The van der Waals surface area contributed by atoms with Gasteiger partial charge in [0, 0.05) is 18.4 Å². The Morgan fingerprint density at radius 2 is 1.81 bits per heavy atom. The van der Waals surface area contributed by atoms with Crippen LogP contribution in [0.15, 0.2) is 40.1 Å². The first-order valence-corrected chi connectivity index (χ1v) is 10.8. The zero-order chi connectivity index (χ0) is 19.6. The number of hydrogen-bond acceptors (Lipinski definition) is 5. The Morgan fingerprint density at radius 1 is 1.15 bits per heavy atom. The van der Waals surface area contributed by atoms with Crippen LogP contribution in [0.1, 0.15) is 43.6 Å². The van der Waals surface area contributed by atoms with E-state index in [0.29, 0.717) is 11.5 Å². The van der Waals surface area contributed by atoms with Gasteiger partial charge in [0.2, 0.25) is 9.84 Å². The normalized spacial score (nSPS) is 13.2. The first-order valence-electron chi connectivity index (χ1n) is 9.34. The molecule has 1 aliphatic rings. The summed E-state index contributed by atoms with van der Waals surface area (Å²) in [4.78, 5) is 4.98. The Balaban J connectivity index is 0.000000659. The maximum absolute atomic E-state index is 13.2. The van der Waals surface area contributed by atoms with Crippen molar-refractivity contribution in [2.24, 2.45) is 0 Å². The van der Waals surface area contributed by atoms with Crippen LogP contribution < -0.4 is 5.32 Å². The zero-order valence-electron chi connectivity index (χ0n) is 16.3. The first kappa shape index (κ1) is 19.4. The lowest BCUT2D eigenvalue weighted by atomic mass is 10.2. The number of aryl methyl sites for hydroxylation is 2. The van der Waals surface area contributed by atoms with E-state index in [4.69, 9.17) is 0 Å². The Labute approximate surface area is 160 Å². The van der Waals surface area contributed by atoms with Gasteiger partial charge in [-0.25, -0.2) is 17.9 Å². The minimum absolute atomic E-state index is 0.147. The number of benzene rings is 1. The minimum atomic E-state index is -3.71. The maximum Gasteiger partial charge on any atom is 0.214 e. The van der Waals surface area contributed by atoms with Gasteiger partial charge in [-0.2, -0.15) is 0 Å². The highest BCUT2D eigenvalue weighted by atomic mass is 32.2. The molecule has 0 aliphatic heterocycles. The summed E-state index contributed by atoms with van der Waals surface area (Å²) in [6.07, 6.45) is 4.16. The molecule has 6 nitrogen and oxygen atoms in total. The SMILES string of the molecule is CCC.CNc1nn2c3c(c(C)nc2c1S(=O)(=O)c1ccccc1)CCC3. The number of fused-ring (bicyclic) bond motifs is 3. The van der Waals surface area contributed by atoms with E-state index < -0.39 is 9.84 Å². The molecule has 1 N–H and O–H groups in total. The van der Waals surface area contributed by atoms with E-state index >= 15 is 0 Å². The molecule has 3 aromatic rings. The van der Waals surface area contributed by atoms with Gasteiger partial charge in [-0.1, -0.05) is 38.5 Å². The third kappa shape index (κ3) is 3.32. The second kappa shape index (κ2) is 7.68. The summed E-state index contributed by atoms with van der Waals surface area (Å²) in [7, 11) is -2.03. The van der Waals surface area contributed by atoms with Gasteiger partial charge in [-0.3, -0.25) is 0 Å². The van der Waals surface area contributed by atoms with Gasteiger partial charge < -0.3 is 5.32 Å². The largest absolute Gasteiger partial charge is 0.370 e. The molecule has 2 heterocycles. The summed E-state index contributed by atoms with van der Waals surface area (Å²) in [6.45, 7) is 6.19. The van der Waals surface area contributed by atoms with E-state index in [-0.39, 0.29) is 9.79 Å². The standard InChI is InChI=1S/C17H18N4O2S.C3H8/c1-11-13-9-6-10-14(13)21-17(19-11)15(16(18-2)20-21)24(22,23)12-7-4-3-5-8-12;1-3-2/h3-5,7-8H,6,9-10H2,1-2H3,(H,18,20);3H2,1-2H3. The van der Waals surface area contributed by atoms with Crippen molar-refractivity contribution < 1.29 is 8.42 Å². The molecule has 2 aromatic heterocycles. The predicted molar refractivity (Wildman–Crippen MR) is 107 cm³/mol. The van der Waals surface area contributed by atoms with Crippen molar-refractivity contribution in [2.75, 3.05) is 12.4 Å². The van der Waals surface area contributed by atoms with Crippen molar-refractivity contribution in [2.45, 2.75) is 56.2 Å². The fraction of sp³-hybridized carbons (Fsp3) is 0.400. The van der Waals surface area contributed by atoms with Crippen LogP contribution in [-0.2, 0) is 22.7 Å². The Kier molecular flexibility index (Phi) is 5.51. The summed E-state index contributed by atoms with van der Waals surface area (Å²) >= 11 is 0. The van der Waals surface area contributed by atoms with Crippen LogP contribution in [0.5, 0.6) is 0 Å². The van der Waals surface area contributed by atoms with E-state index in [0.717, 1.165) is 30.7 Å². The summed E-state index contributed by atoms with van der Waals surface area (Å²) in [6, 6.07) is 8.42. The molecule has 0 amide bonds. The van der Waals surface area contributed by atoms with Gasteiger partial charge in [-0.15, -0.1) is 5.10 Å². The molecule has 1 aromatic carbocycles. The van der Waals surface area contributed by atoms with Crippen LogP contribution in [0, 0.1) is 6.92 Å². The van der Waals surface area contributed by atoms with Crippen molar-refractivity contribution in [3.05, 3.63) is 47.3 Å². The molecule has 4 rings (SSSR count). The monoisotopic (exact) mass is 386 g/mol. The predicted octanol–water partition coefficient (Wildman–Crippen LogP) is 3.82. The number of nitrogens with zero attached hydrogens (tertiary/aromatic N) is 3. The van der Waals surface area contributed by atoms with Crippen LogP contribution in [-0.4, -0.2) is 30.1 Å². The van der Waals surface area contributed by atoms with E-state index in [1.54, 1.807) is 41.9 Å². The zero-order valence-corrected chi connectivity index (χ0v) is 17.1. The molecule has 0 radical (unpaired) electrons. The molecule has 0 bridgehead atoms. The van der Waals surface area contributed by atoms with Gasteiger partial charge >= 0.3 is 0 Å². The maximum atomic E-state index is 13.2. The molecule has 27 heavy (non-hydrogen) atoms. The van der Waals surface area contributed by atoms with Crippen molar-refractivity contribution in [1.82, 2.24) is 14.6 Å². The van der Waals surface area contributed by atoms with Crippen molar-refractivity contribution in [3.8, 4) is 0 Å². The van der Waals surface area contributed by atoms with E-state index in [9.17, 15) is 8.42 Å². The van der Waals surface area contributed by atoms with Gasteiger partial charge in [0.05, 0.1) is 4.90 Å². The molecular formula is C20H26N4O2S. The van der Waals surface area contributed by atoms with Crippen molar-refractivity contribution in [3.63, 3.8) is 0 Å². The van der Waals surface area contributed by atoms with E-state index in [1.165, 1.54) is 12.0 Å².